The molecule has 1 aromatic carbocycles. The average Bonchev–Trinajstić information content (AvgIpc) is 2.52. The van der Waals surface area contributed by atoms with Gasteiger partial charge in [0.25, 0.3) is 5.91 Å². The van der Waals surface area contributed by atoms with E-state index in [2.05, 4.69) is 16.6 Å². The van der Waals surface area contributed by atoms with Crippen molar-refractivity contribution in [1.82, 2.24) is 4.90 Å². The lowest BCUT2D eigenvalue weighted by Gasteiger charge is -2.19. The molecule has 0 aliphatic rings. The van der Waals surface area contributed by atoms with E-state index in [0.29, 0.717) is 24.1 Å². The number of ether oxygens (including phenoxy) is 1. The molecule has 0 aliphatic carbocycles. The first-order valence-electron chi connectivity index (χ1n) is 6.68. The third-order valence-corrected chi connectivity index (χ3v) is 2.80. The van der Waals surface area contributed by atoms with Crippen LogP contribution in [0.1, 0.15) is 29.3 Å². The van der Waals surface area contributed by atoms with E-state index in [9.17, 15) is 9.59 Å². The van der Waals surface area contributed by atoms with Gasteiger partial charge in [-0.15, -0.1) is 0 Å². The largest absolute Gasteiger partial charge is 0.468 e. The van der Waals surface area contributed by atoms with Crippen LogP contribution in [0.3, 0.4) is 0 Å². The number of hydrogen-bond acceptors (Lipinski definition) is 4. The number of carbonyl (C=O) groups excluding carboxylic acids is 2. The van der Waals surface area contributed by atoms with Gasteiger partial charge in [0.15, 0.2) is 0 Å². The van der Waals surface area contributed by atoms with E-state index in [-0.39, 0.29) is 19.1 Å². The van der Waals surface area contributed by atoms with Gasteiger partial charge < -0.3 is 14.7 Å². The van der Waals surface area contributed by atoms with Crippen molar-refractivity contribution >= 4 is 11.9 Å². The average molecular weight is 289 g/mol. The van der Waals surface area contributed by atoms with Crippen LogP contribution in [0.2, 0.25) is 0 Å². The molecule has 5 nitrogen and oxygen atoms in total. The molecule has 1 aromatic rings. The molecule has 21 heavy (non-hydrogen) atoms. The molecule has 0 unspecified atom stereocenters. The van der Waals surface area contributed by atoms with Crippen LogP contribution in [0.25, 0.3) is 0 Å². The number of carbonyl (C=O) groups is 2. The molecular weight excluding hydrogens is 270 g/mol. The first kappa shape index (κ1) is 16.7. The summed E-state index contributed by atoms with van der Waals surface area (Å²) < 4.78 is 4.58. The van der Waals surface area contributed by atoms with E-state index < -0.39 is 5.97 Å². The third-order valence-electron chi connectivity index (χ3n) is 2.80. The Morgan fingerprint density at radius 2 is 2.14 bits per heavy atom. The van der Waals surface area contributed by atoms with Gasteiger partial charge in [-0.05, 0) is 25.1 Å². The molecule has 0 aliphatic heterocycles. The zero-order valence-corrected chi connectivity index (χ0v) is 12.3. The molecule has 1 N–H and O–H groups in total. The van der Waals surface area contributed by atoms with Crippen LogP contribution in [0, 0.1) is 11.8 Å². The summed E-state index contributed by atoms with van der Waals surface area (Å²) in [7, 11) is 1.29. The van der Waals surface area contributed by atoms with Crippen molar-refractivity contribution in [2.75, 3.05) is 26.8 Å². The van der Waals surface area contributed by atoms with Gasteiger partial charge >= 0.3 is 5.97 Å². The van der Waals surface area contributed by atoms with Crippen molar-refractivity contribution in [2.45, 2.75) is 13.3 Å². The highest BCUT2D eigenvalue weighted by Crippen LogP contribution is 2.08. The normalized spacial score (nSPS) is 9.48. The van der Waals surface area contributed by atoms with Gasteiger partial charge in [0.05, 0.1) is 13.7 Å². The van der Waals surface area contributed by atoms with Gasteiger partial charge in [0.1, 0.15) is 6.54 Å². The van der Waals surface area contributed by atoms with Gasteiger partial charge in [-0.25, -0.2) is 0 Å². The Kier molecular flexibility index (Phi) is 6.99. The first-order valence-corrected chi connectivity index (χ1v) is 6.68. The number of amides is 1. The highest BCUT2D eigenvalue weighted by Gasteiger charge is 2.17. The number of nitrogens with zero attached hydrogens (tertiary/aromatic N) is 1. The molecule has 0 fully saturated rings. The number of rotatable bonds is 5. The van der Waals surface area contributed by atoms with Gasteiger partial charge in [0, 0.05) is 24.1 Å². The molecule has 0 bridgehead atoms. The van der Waals surface area contributed by atoms with Crippen LogP contribution in [0.4, 0.5) is 0 Å². The van der Waals surface area contributed by atoms with Crippen molar-refractivity contribution in [3.05, 3.63) is 35.4 Å². The fourth-order valence-corrected chi connectivity index (χ4v) is 1.68. The second-order valence-electron chi connectivity index (χ2n) is 4.25. The zero-order chi connectivity index (χ0) is 15.7. The van der Waals surface area contributed by atoms with Gasteiger partial charge in [-0.1, -0.05) is 17.9 Å². The van der Waals surface area contributed by atoms with E-state index in [0.717, 1.165) is 0 Å². The van der Waals surface area contributed by atoms with Crippen LogP contribution in [-0.2, 0) is 9.53 Å². The lowest BCUT2D eigenvalue weighted by atomic mass is 10.1. The summed E-state index contributed by atoms with van der Waals surface area (Å²) in [5.74, 6) is 4.98. The van der Waals surface area contributed by atoms with Crippen molar-refractivity contribution in [2.24, 2.45) is 0 Å². The second-order valence-corrected chi connectivity index (χ2v) is 4.25. The monoisotopic (exact) mass is 289 g/mol. The van der Waals surface area contributed by atoms with Gasteiger partial charge in [0.2, 0.25) is 0 Å². The Balaban J connectivity index is 2.88. The van der Waals surface area contributed by atoms with E-state index >= 15 is 0 Å². The minimum atomic E-state index is -0.455. The topological polar surface area (TPSA) is 66.8 Å². The Bertz CT molecular complexity index is 557. The Morgan fingerprint density at radius 1 is 1.38 bits per heavy atom. The highest BCUT2D eigenvalue weighted by atomic mass is 16.5. The van der Waals surface area contributed by atoms with Crippen molar-refractivity contribution < 1.29 is 19.4 Å². The number of aliphatic hydroxyl groups excluding tert-OH is 1. The van der Waals surface area contributed by atoms with Crippen LogP contribution >= 0.6 is 0 Å². The predicted octanol–water partition coefficient (Wildman–Crippen LogP) is 1.06. The van der Waals surface area contributed by atoms with Crippen LogP contribution in [0.15, 0.2) is 24.3 Å². The maximum absolute atomic E-state index is 12.3. The summed E-state index contributed by atoms with van der Waals surface area (Å²) in [6, 6.07) is 6.88. The predicted molar refractivity (Wildman–Crippen MR) is 78.6 cm³/mol. The summed E-state index contributed by atoms with van der Waals surface area (Å²) in [6.45, 7) is 2.14. The molecular formula is C16H19NO4. The Morgan fingerprint density at radius 3 is 2.76 bits per heavy atom. The molecule has 112 valence electrons. The van der Waals surface area contributed by atoms with Crippen LogP contribution in [0.5, 0.6) is 0 Å². The molecule has 0 saturated heterocycles. The number of hydrogen-bond donors (Lipinski definition) is 1. The maximum Gasteiger partial charge on any atom is 0.325 e. The molecule has 0 spiro atoms. The van der Waals surface area contributed by atoms with Gasteiger partial charge in [-0.3, -0.25) is 9.59 Å². The molecule has 5 heteroatoms. The summed E-state index contributed by atoms with van der Waals surface area (Å²) in [6.07, 6.45) is 0.390. The number of benzene rings is 1. The van der Waals surface area contributed by atoms with Crippen molar-refractivity contribution in [3.8, 4) is 11.8 Å². The lowest BCUT2D eigenvalue weighted by Crippen LogP contribution is -2.36. The van der Waals surface area contributed by atoms with E-state index in [1.54, 1.807) is 31.2 Å². The fraction of sp³-hybridized carbons (Fsp3) is 0.375. The SMILES string of the molecule is CCN(CC(=O)OC)C(=O)c1cccc(C#CCCO)c1. The van der Waals surface area contributed by atoms with Crippen molar-refractivity contribution in [1.29, 1.82) is 0 Å². The van der Waals surface area contributed by atoms with Gasteiger partial charge in [-0.2, -0.15) is 0 Å². The van der Waals surface area contributed by atoms with E-state index in [1.807, 2.05) is 0 Å². The maximum atomic E-state index is 12.3. The minimum absolute atomic E-state index is 0.00830. The number of likely N-dealkylation sites (N-methyl/N-ethyl adjacent to an activating group) is 1. The zero-order valence-electron chi connectivity index (χ0n) is 12.3. The second kappa shape index (κ2) is 8.77. The van der Waals surface area contributed by atoms with Crippen LogP contribution in [-0.4, -0.2) is 48.7 Å². The highest BCUT2D eigenvalue weighted by molar-refractivity contribution is 5.96. The molecule has 1 rings (SSSR count). The number of aliphatic hydroxyl groups is 1. The molecule has 0 aromatic heterocycles. The molecule has 0 heterocycles. The van der Waals surface area contributed by atoms with E-state index in [1.165, 1.54) is 12.0 Å². The summed E-state index contributed by atoms with van der Waals surface area (Å²) in [4.78, 5) is 25.0. The smallest absolute Gasteiger partial charge is 0.325 e. The number of esters is 1. The summed E-state index contributed by atoms with van der Waals surface area (Å²) in [5, 5.41) is 8.69. The molecule has 0 saturated carbocycles. The Labute approximate surface area is 124 Å². The number of methoxy groups -OCH3 is 1. The summed E-state index contributed by atoms with van der Waals surface area (Å²) >= 11 is 0. The standard InChI is InChI=1S/C16H19NO4/c1-3-17(12-15(19)21-2)16(20)14-9-6-8-13(11-14)7-4-5-10-18/h6,8-9,11,18H,3,5,10,12H2,1-2H3. The molecule has 0 radical (unpaired) electrons. The van der Waals surface area contributed by atoms with E-state index in [4.69, 9.17) is 5.11 Å². The minimum Gasteiger partial charge on any atom is -0.468 e. The summed E-state index contributed by atoms with van der Waals surface area (Å²) in [5.41, 5.74) is 1.17. The Hall–Kier alpha value is -2.32. The molecule has 0 atom stereocenters. The van der Waals surface area contributed by atoms with Crippen molar-refractivity contribution in [3.63, 3.8) is 0 Å². The third kappa shape index (κ3) is 5.28. The quantitative estimate of drug-likeness (QED) is 0.650. The van der Waals surface area contributed by atoms with Crippen LogP contribution < -0.4 is 0 Å². The fourth-order valence-electron chi connectivity index (χ4n) is 1.68. The molecule has 1 amide bonds. The first-order chi connectivity index (χ1) is 10.1. The lowest BCUT2D eigenvalue weighted by molar-refractivity contribution is -0.141.